The molecule has 1 spiro atoms. The van der Waals surface area contributed by atoms with Crippen LogP contribution in [0.1, 0.15) is 48.8 Å². The van der Waals surface area contributed by atoms with Crippen LogP contribution in [-0.2, 0) is 61.4 Å². The Hall–Kier alpha value is -4.62. The zero-order valence-electron chi connectivity index (χ0n) is 26.0. The van der Waals surface area contributed by atoms with Crippen molar-refractivity contribution in [1.82, 2.24) is 4.90 Å². The van der Waals surface area contributed by atoms with Crippen molar-refractivity contribution in [2.45, 2.75) is 92.7 Å². The van der Waals surface area contributed by atoms with Crippen LogP contribution >= 0.6 is 0 Å². The van der Waals surface area contributed by atoms with E-state index in [2.05, 4.69) is 9.64 Å². The molecule has 1 saturated heterocycles. The largest absolute Gasteiger partial charge is 0.481 e. The molecule has 266 valence electrons. The number of esters is 3. The van der Waals surface area contributed by atoms with Gasteiger partial charge in [0.2, 0.25) is 12.2 Å². The topological polar surface area (TPSA) is 284 Å². The minimum atomic E-state index is -2.76. The zero-order valence-corrected chi connectivity index (χ0v) is 26.0. The van der Waals surface area contributed by atoms with Gasteiger partial charge in [0.05, 0.1) is 30.5 Å². The van der Waals surface area contributed by atoms with Gasteiger partial charge in [0, 0.05) is 23.6 Å². The highest BCUT2D eigenvalue weighted by atomic mass is 16.6. The van der Waals surface area contributed by atoms with Crippen LogP contribution in [0, 0.1) is 0 Å². The third kappa shape index (κ3) is 6.10. The van der Waals surface area contributed by atoms with E-state index in [9.17, 15) is 54.3 Å². The third-order valence-corrected chi connectivity index (χ3v) is 9.64. The Morgan fingerprint density at radius 2 is 1.67 bits per heavy atom. The first-order valence-electron chi connectivity index (χ1n) is 15.3. The minimum Gasteiger partial charge on any atom is -0.481 e. The van der Waals surface area contributed by atoms with Crippen LogP contribution < -0.4 is 4.74 Å². The van der Waals surface area contributed by atoms with E-state index in [0.717, 1.165) is 5.56 Å². The maximum absolute atomic E-state index is 13.4. The van der Waals surface area contributed by atoms with Gasteiger partial charge in [0.25, 0.3) is 0 Å². The highest BCUT2D eigenvalue weighted by Gasteiger charge is 2.70. The molecular weight excluding hydrogens is 658 g/mol. The van der Waals surface area contributed by atoms with Gasteiger partial charge in [-0.05, 0) is 44.5 Å². The van der Waals surface area contributed by atoms with Gasteiger partial charge in [-0.1, -0.05) is 12.1 Å². The monoisotopic (exact) mass is 693 g/mol. The van der Waals surface area contributed by atoms with Crippen LogP contribution in [0.2, 0.25) is 0 Å². The molecule has 0 amide bonds. The van der Waals surface area contributed by atoms with Crippen molar-refractivity contribution < 1.29 is 83.5 Å². The van der Waals surface area contributed by atoms with Gasteiger partial charge in [-0.2, -0.15) is 0 Å². The number of aliphatic hydroxyl groups is 4. The number of carbonyl (C=O) groups excluding carboxylic acids is 3. The second kappa shape index (κ2) is 13.4. The van der Waals surface area contributed by atoms with Crippen molar-refractivity contribution in [2.75, 3.05) is 13.6 Å². The highest BCUT2D eigenvalue weighted by Crippen LogP contribution is 2.64. The fraction of sp³-hybridized carbons (Fsp3) is 0.548. The second-order valence-electron chi connectivity index (χ2n) is 12.4. The minimum absolute atomic E-state index is 0.00190. The number of benzene rings is 1. The predicted molar refractivity (Wildman–Crippen MR) is 155 cm³/mol. The first-order chi connectivity index (χ1) is 23.0. The molecule has 18 nitrogen and oxygen atoms in total. The average molecular weight is 694 g/mol. The predicted octanol–water partition coefficient (Wildman–Crippen LogP) is -2.03. The Bertz CT molecular complexity index is 1610. The second-order valence-corrected chi connectivity index (χ2v) is 12.4. The normalized spacial score (nSPS) is 27.5. The number of likely N-dealkylation sites (tertiary alicyclic amines) is 1. The van der Waals surface area contributed by atoms with Crippen LogP contribution in [0.3, 0.4) is 0 Å². The molecule has 5 rings (SSSR count). The lowest BCUT2D eigenvalue weighted by molar-refractivity contribution is -0.187. The number of ether oxygens (including phenoxy) is 4. The molecule has 0 saturated carbocycles. The quantitative estimate of drug-likeness (QED) is 0.0866. The fourth-order valence-electron chi connectivity index (χ4n) is 7.41. The molecule has 8 atom stereocenters. The van der Waals surface area contributed by atoms with E-state index in [0.29, 0.717) is 42.7 Å². The van der Waals surface area contributed by atoms with Gasteiger partial charge in [-0.25, -0.2) is 19.2 Å². The number of carboxylic acid groups (broad SMARTS) is 3. The molecule has 2 bridgehead atoms. The first-order valence-corrected chi connectivity index (χ1v) is 15.3. The van der Waals surface area contributed by atoms with Gasteiger partial charge in [-0.15, -0.1) is 0 Å². The van der Waals surface area contributed by atoms with Crippen LogP contribution in [0.5, 0.6) is 5.75 Å². The molecule has 1 aromatic carbocycles. The van der Waals surface area contributed by atoms with Gasteiger partial charge >= 0.3 is 35.8 Å². The number of hydrogen-bond donors (Lipinski definition) is 7. The molecule has 1 fully saturated rings. The molecular formula is C31H35NO17. The Labute approximate surface area is 277 Å². The number of aliphatic hydroxyl groups excluding tert-OH is 3. The smallest absolute Gasteiger partial charge is 0.348 e. The number of carboxylic acids is 3. The summed E-state index contributed by atoms with van der Waals surface area (Å²) >= 11 is 0. The number of likely N-dealkylation sites (N-methyl/N-ethyl adjacent to an activating group) is 1. The van der Waals surface area contributed by atoms with Gasteiger partial charge in [0.15, 0.2) is 18.3 Å². The molecule has 0 unspecified atom stereocenters. The summed E-state index contributed by atoms with van der Waals surface area (Å²) < 4.78 is 21.4. The standard InChI is InChI=1S/C31H35NO17/c1-32-8-2-6-30-21-13-3-4-14(12-33)24(21)49-25(30)15(5-7-31(30,45)18(32)9-13)46-20(36)11-17(48-29(44)23(38)22(37)27(41)42)28(43)47-16(26(39)40)10-19(34)35/h3-5,16-18,22-23,25,33,37-38,45H,2,6-12H2,1H3,(H,34,35)(H,39,40)(H,41,42)/t16-,17-,18+,22+,23+,25-,30-,31+/m0/s1. The zero-order chi connectivity index (χ0) is 36.0. The Morgan fingerprint density at radius 1 is 0.980 bits per heavy atom. The summed E-state index contributed by atoms with van der Waals surface area (Å²) in [7, 11) is 1.90. The van der Waals surface area contributed by atoms with E-state index in [-0.39, 0.29) is 24.8 Å². The average Bonchev–Trinajstić information content (AvgIpc) is 3.38. The van der Waals surface area contributed by atoms with Crippen molar-refractivity contribution in [3.8, 4) is 5.75 Å². The van der Waals surface area contributed by atoms with E-state index >= 15 is 0 Å². The van der Waals surface area contributed by atoms with Crippen LogP contribution in [-0.4, -0.2) is 132 Å². The summed E-state index contributed by atoms with van der Waals surface area (Å²) in [6.07, 6.45) is -10.8. The van der Waals surface area contributed by atoms with Crippen LogP contribution in [0.15, 0.2) is 24.0 Å². The van der Waals surface area contributed by atoms with Crippen molar-refractivity contribution in [2.24, 2.45) is 0 Å². The number of carbonyl (C=O) groups is 6. The van der Waals surface area contributed by atoms with Crippen molar-refractivity contribution in [1.29, 1.82) is 0 Å². The molecule has 0 radical (unpaired) electrons. The highest BCUT2D eigenvalue weighted by molar-refractivity contribution is 5.90. The molecule has 2 heterocycles. The number of rotatable bonds is 13. The van der Waals surface area contributed by atoms with E-state index in [1.54, 1.807) is 6.07 Å². The molecule has 1 aromatic rings. The lowest BCUT2D eigenvalue weighted by Crippen LogP contribution is -2.69. The van der Waals surface area contributed by atoms with Gasteiger partial charge < -0.3 is 59.6 Å². The Balaban J connectivity index is 1.44. The van der Waals surface area contributed by atoms with Crippen LogP contribution in [0.25, 0.3) is 0 Å². The van der Waals surface area contributed by atoms with E-state index in [1.807, 2.05) is 13.1 Å². The van der Waals surface area contributed by atoms with Crippen molar-refractivity contribution in [3.63, 3.8) is 0 Å². The molecule has 4 aliphatic rings. The summed E-state index contributed by atoms with van der Waals surface area (Å²) in [5.74, 6) is -10.3. The molecule has 18 heteroatoms. The summed E-state index contributed by atoms with van der Waals surface area (Å²) in [6.45, 7) is 0.256. The SMILES string of the molecule is CN1CCC[C@]23c4c5ccc(CO)c4O[C@H]2C(OC(=O)C[C@H](OC(=O)[C@H](O)[C@@H](O)C(=O)O)C(=O)O[C@@H](CC(=O)O)C(=O)O)=CC[C@@]3(O)[C@H]1C5. The number of nitrogens with zero attached hydrogens (tertiary/aromatic N) is 1. The van der Waals surface area contributed by atoms with E-state index in [4.69, 9.17) is 24.4 Å². The maximum Gasteiger partial charge on any atom is 0.348 e. The fourth-order valence-corrected chi connectivity index (χ4v) is 7.41. The Kier molecular flexibility index (Phi) is 9.73. The lowest BCUT2D eigenvalue weighted by Gasteiger charge is -2.56. The number of aliphatic carboxylic acids is 3. The van der Waals surface area contributed by atoms with Gasteiger partial charge in [0.1, 0.15) is 11.5 Å². The van der Waals surface area contributed by atoms with Crippen molar-refractivity contribution in [3.05, 3.63) is 40.7 Å². The summed E-state index contributed by atoms with van der Waals surface area (Å²) in [4.78, 5) is 74.5. The molecule has 49 heavy (non-hydrogen) atoms. The number of hydrogen-bond acceptors (Lipinski definition) is 15. The molecule has 2 aliphatic heterocycles. The summed E-state index contributed by atoms with van der Waals surface area (Å²) in [6, 6.07) is 3.22. The van der Waals surface area contributed by atoms with E-state index in [1.165, 1.54) is 6.08 Å². The summed E-state index contributed by atoms with van der Waals surface area (Å²) in [5.41, 5.74) is -0.507. The third-order valence-electron chi connectivity index (χ3n) is 9.64. The van der Waals surface area contributed by atoms with Gasteiger partial charge in [-0.3, -0.25) is 9.59 Å². The molecule has 2 aliphatic carbocycles. The van der Waals surface area contributed by atoms with Crippen LogP contribution in [0.4, 0.5) is 0 Å². The molecule has 0 aromatic heterocycles. The summed E-state index contributed by atoms with van der Waals surface area (Å²) in [5, 5.41) is 69.2. The Morgan fingerprint density at radius 3 is 2.31 bits per heavy atom. The first kappa shape index (κ1) is 35.7. The maximum atomic E-state index is 13.4. The van der Waals surface area contributed by atoms with Crippen molar-refractivity contribution >= 4 is 35.8 Å². The molecule has 7 N–H and O–H groups in total. The van der Waals surface area contributed by atoms with E-state index < -0.39 is 90.2 Å². The lowest BCUT2D eigenvalue weighted by atomic mass is 9.52.